The number of rotatable bonds is 3. The largest absolute Gasteiger partial charge is 0.396 e. The summed E-state index contributed by atoms with van der Waals surface area (Å²) in [4.78, 5) is 0. The molecule has 1 atom stereocenters. The van der Waals surface area contributed by atoms with Crippen LogP contribution < -0.4 is 5.73 Å². The molecule has 0 aromatic heterocycles. The van der Waals surface area contributed by atoms with Gasteiger partial charge in [-0.25, -0.2) is 4.39 Å². The Morgan fingerprint density at radius 3 is 2.47 bits per heavy atom. The van der Waals surface area contributed by atoms with Crippen LogP contribution in [-0.2, 0) is 0 Å². The van der Waals surface area contributed by atoms with E-state index in [1.54, 1.807) is 0 Å². The number of aliphatic hydroxyl groups excluding tert-OH is 1. The molecule has 1 unspecified atom stereocenters. The predicted octanol–water partition coefficient (Wildman–Crippen LogP) is 2.94. The van der Waals surface area contributed by atoms with Gasteiger partial charge in [-0.2, -0.15) is 0 Å². The molecule has 2 nitrogen and oxygen atoms in total. The van der Waals surface area contributed by atoms with Gasteiger partial charge in [-0.15, -0.1) is 12.4 Å². The number of nitrogens with two attached hydrogens (primary N) is 1. The Morgan fingerprint density at radius 2 is 1.93 bits per heavy atom. The van der Waals surface area contributed by atoms with Gasteiger partial charge in [-0.05, 0) is 24.1 Å². The third kappa shape index (κ3) is 3.78. The molecule has 1 aromatic carbocycles. The van der Waals surface area contributed by atoms with E-state index in [4.69, 9.17) is 34.0 Å². The fourth-order valence-electron chi connectivity index (χ4n) is 1.12. The molecule has 1 rings (SSSR count). The molecule has 15 heavy (non-hydrogen) atoms. The van der Waals surface area contributed by atoms with Gasteiger partial charge in [0.05, 0.1) is 5.02 Å². The quantitative estimate of drug-likeness (QED) is 0.833. The fraction of sp³-hybridized carbons (Fsp3) is 0.333. The van der Waals surface area contributed by atoms with Gasteiger partial charge in [-0.3, -0.25) is 0 Å². The van der Waals surface area contributed by atoms with E-state index < -0.39 is 11.9 Å². The Kier molecular flexibility index (Phi) is 6.48. The standard InChI is InChI=1S/C9H10Cl2FNO.ClH/c10-6-4-7(11)8(12)3-5(6)9(13)1-2-14;/h3-4,9,14H,1-2,13H2;1H. The number of aliphatic hydroxyl groups is 1. The summed E-state index contributed by atoms with van der Waals surface area (Å²) < 4.78 is 13.1. The topological polar surface area (TPSA) is 46.2 Å². The molecular weight excluding hydrogens is 263 g/mol. The van der Waals surface area contributed by atoms with Crippen molar-refractivity contribution in [3.8, 4) is 0 Å². The van der Waals surface area contributed by atoms with E-state index >= 15 is 0 Å². The van der Waals surface area contributed by atoms with Gasteiger partial charge >= 0.3 is 0 Å². The lowest BCUT2D eigenvalue weighted by Gasteiger charge is -2.12. The molecule has 0 saturated heterocycles. The lowest BCUT2D eigenvalue weighted by atomic mass is 10.1. The molecule has 0 heterocycles. The Hall–Kier alpha value is -0.0600. The molecule has 0 aliphatic rings. The smallest absolute Gasteiger partial charge is 0.142 e. The van der Waals surface area contributed by atoms with Gasteiger partial charge in [0.15, 0.2) is 0 Å². The SMILES string of the molecule is Cl.NC(CCO)c1cc(F)c(Cl)cc1Cl. The summed E-state index contributed by atoms with van der Waals surface area (Å²) in [6.07, 6.45) is 0.334. The van der Waals surface area contributed by atoms with Crippen LogP contribution in [0.3, 0.4) is 0 Å². The number of benzene rings is 1. The van der Waals surface area contributed by atoms with Crippen molar-refractivity contribution in [2.24, 2.45) is 5.73 Å². The third-order valence-electron chi connectivity index (χ3n) is 1.88. The van der Waals surface area contributed by atoms with Crippen molar-refractivity contribution in [3.05, 3.63) is 33.6 Å². The second kappa shape index (κ2) is 6.51. The molecule has 0 amide bonds. The van der Waals surface area contributed by atoms with E-state index in [1.165, 1.54) is 12.1 Å². The van der Waals surface area contributed by atoms with Crippen LogP contribution in [0.1, 0.15) is 18.0 Å². The molecule has 0 spiro atoms. The van der Waals surface area contributed by atoms with Crippen LogP contribution in [0.2, 0.25) is 10.0 Å². The first-order valence-corrected chi connectivity index (χ1v) is 4.82. The van der Waals surface area contributed by atoms with E-state index in [0.717, 1.165) is 0 Å². The molecule has 0 aliphatic carbocycles. The maximum atomic E-state index is 13.1. The van der Waals surface area contributed by atoms with Crippen molar-refractivity contribution in [2.45, 2.75) is 12.5 Å². The second-order valence-electron chi connectivity index (χ2n) is 2.91. The summed E-state index contributed by atoms with van der Waals surface area (Å²) in [5.41, 5.74) is 6.13. The van der Waals surface area contributed by atoms with E-state index in [9.17, 15) is 4.39 Å². The normalized spacial score (nSPS) is 12.1. The maximum Gasteiger partial charge on any atom is 0.142 e. The van der Waals surface area contributed by atoms with Crippen LogP contribution in [0.5, 0.6) is 0 Å². The van der Waals surface area contributed by atoms with Gasteiger partial charge in [0, 0.05) is 17.7 Å². The maximum absolute atomic E-state index is 13.1. The van der Waals surface area contributed by atoms with Crippen LogP contribution in [0, 0.1) is 5.82 Å². The highest BCUT2D eigenvalue weighted by molar-refractivity contribution is 6.35. The molecule has 6 heteroatoms. The number of hydrogen-bond acceptors (Lipinski definition) is 2. The van der Waals surface area contributed by atoms with Crippen LogP contribution in [0.4, 0.5) is 4.39 Å². The van der Waals surface area contributed by atoms with Gasteiger partial charge < -0.3 is 10.8 Å². The summed E-state index contributed by atoms with van der Waals surface area (Å²) in [7, 11) is 0. The van der Waals surface area contributed by atoms with Gasteiger partial charge in [0.2, 0.25) is 0 Å². The lowest BCUT2D eigenvalue weighted by molar-refractivity contribution is 0.276. The molecule has 0 bridgehead atoms. The van der Waals surface area contributed by atoms with Crippen molar-refractivity contribution in [2.75, 3.05) is 6.61 Å². The van der Waals surface area contributed by atoms with Gasteiger partial charge in [-0.1, -0.05) is 23.2 Å². The molecular formula is C9H11Cl3FNO. The predicted molar refractivity (Wildman–Crippen MR) is 62.3 cm³/mol. The van der Waals surface area contributed by atoms with Crippen LogP contribution in [0.25, 0.3) is 0 Å². The summed E-state index contributed by atoms with van der Waals surface area (Å²) in [6.45, 7) is -0.0677. The Morgan fingerprint density at radius 1 is 1.33 bits per heavy atom. The minimum atomic E-state index is -0.556. The number of hydrogen-bond donors (Lipinski definition) is 2. The van der Waals surface area contributed by atoms with Crippen LogP contribution in [0.15, 0.2) is 12.1 Å². The minimum absolute atomic E-state index is 0. The monoisotopic (exact) mass is 273 g/mol. The van der Waals surface area contributed by atoms with E-state index in [1.807, 2.05) is 0 Å². The zero-order valence-corrected chi connectivity index (χ0v) is 10.0. The summed E-state index contributed by atoms with van der Waals surface area (Å²) in [5.74, 6) is -0.556. The van der Waals surface area contributed by atoms with Crippen molar-refractivity contribution < 1.29 is 9.50 Å². The van der Waals surface area contributed by atoms with Crippen LogP contribution >= 0.6 is 35.6 Å². The highest BCUT2D eigenvalue weighted by atomic mass is 35.5. The average molecular weight is 275 g/mol. The fourth-order valence-corrected chi connectivity index (χ4v) is 1.64. The zero-order valence-electron chi connectivity index (χ0n) is 7.71. The highest BCUT2D eigenvalue weighted by Crippen LogP contribution is 2.28. The Labute approximate surface area is 104 Å². The van der Waals surface area contributed by atoms with Gasteiger partial charge in [0.25, 0.3) is 0 Å². The summed E-state index contributed by atoms with van der Waals surface area (Å²) >= 11 is 11.3. The van der Waals surface area contributed by atoms with Crippen molar-refractivity contribution in [1.82, 2.24) is 0 Å². The van der Waals surface area contributed by atoms with Gasteiger partial charge in [0.1, 0.15) is 5.82 Å². The zero-order chi connectivity index (χ0) is 10.7. The highest BCUT2D eigenvalue weighted by Gasteiger charge is 2.13. The summed E-state index contributed by atoms with van der Waals surface area (Å²) in [6, 6.07) is 2.04. The van der Waals surface area contributed by atoms with E-state index in [0.29, 0.717) is 17.0 Å². The van der Waals surface area contributed by atoms with Crippen molar-refractivity contribution >= 4 is 35.6 Å². The van der Waals surface area contributed by atoms with E-state index in [2.05, 4.69) is 0 Å². The minimum Gasteiger partial charge on any atom is -0.396 e. The molecule has 0 saturated carbocycles. The number of halogens is 4. The first-order valence-electron chi connectivity index (χ1n) is 4.07. The third-order valence-corrected chi connectivity index (χ3v) is 2.50. The molecule has 0 fully saturated rings. The summed E-state index contributed by atoms with van der Waals surface area (Å²) in [5, 5.41) is 8.95. The van der Waals surface area contributed by atoms with Crippen molar-refractivity contribution in [1.29, 1.82) is 0 Å². The van der Waals surface area contributed by atoms with Crippen molar-refractivity contribution in [3.63, 3.8) is 0 Å². The Bertz CT molecular complexity index is 335. The molecule has 3 N–H and O–H groups in total. The Balaban J connectivity index is 0.00000196. The molecule has 0 radical (unpaired) electrons. The molecule has 1 aromatic rings. The lowest BCUT2D eigenvalue weighted by Crippen LogP contribution is -2.12. The average Bonchev–Trinajstić information content (AvgIpc) is 2.11. The first kappa shape index (κ1) is 14.9. The molecule has 86 valence electrons. The molecule has 0 aliphatic heterocycles. The first-order chi connectivity index (χ1) is 6.56. The van der Waals surface area contributed by atoms with Crippen LogP contribution in [-0.4, -0.2) is 11.7 Å². The van der Waals surface area contributed by atoms with E-state index in [-0.39, 0.29) is 24.0 Å². The second-order valence-corrected chi connectivity index (χ2v) is 3.72.